The van der Waals surface area contributed by atoms with Crippen LogP contribution in [0, 0.1) is 0 Å². The third-order valence-corrected chi connectivity index (χ3v) is 2.72. The number of halogens is 3. The predicted molar refractivity (Wildman–Crippen MR) is 65.9 cm³/mol. The van der Waals surface area contributed by atoms with Gasteiger partial charge >= 0.3 is 5.51 Å². The standard InChI is InChI=1S/C12H14F3NS/c1-16-9-3-2-4-10-5-7-11(8-6-10)17-12(13,14)15/h2,4-8,16H,3,9H2,1H3. The third kappa shape index (κ3) is 6.38. The zero-order chi connectivity index (χ0) is 12.7. The maximum Gasteiger partial charge on any atom is 0.446 e. The Morgan fingerprint density at radius 3 is 2.41 bits per heavy atom. The molecule has 0 unspecified atom stereocenters. The molecule has 0 heterocycles. The van der Waals surface area contributed by atoms with Crippen LogP contribution in [0.25, 0.3) is 6.08 Å². The van der Waals surface area contributed by atoms with Crippen LogP contribution in [0.3, 0.4) is 0 Å². The highest BCUT2D eigenvalue weighted by Crippen LogP contribution is 2.36. The summed E-state index contributed by atoms with van der Waals surface area (Å²) in [6, 6.07) is 6.33. The van der Waals surface area contributed by atoms with E-state index in [-0.39, 0.29) is 16.7 Å². The SMILES string of the molecule is CNCCC=Cc1ccc(SC(F)(F)F)cc1. The van der Waals surface area contributed by atoms with Crippen LogP contribution in [-0.2, 0) is 0 Å². The molecule has 1 aromatic carbocycles. The van der Waals surface area contributed by atoms with Gasteiger partial charge in [0.15, 0.2) is 0 Å². The molecule has 0 aliphatic heterocycles. The highest BCUT2D eigenvalue weighted by molar-refractivity contribution is 8.00. The molecule has 0 aliphatic rings. The molecule has 0 spiro atoms. The van der Waals surface area contributed by atoms with Crippen molar-refractivity contribution in [2.45, 2.75) is 16.8 Å². The predicted octanol–water partition coefficient (Wildman–Crippen LogP) is 3.92. The Hall–Kier alpha value is -0.940. The summed E-state index contributed by atoms with van der Waals surface area (Å²) >= 11 is -0.0927. The van der Waals surface area contributed by atoms with E-state index in [0.717, 1.165) is 18.5 Å². The molecule has 1 rings (SSSR count). The summed E-state index contributed by atoms with van der Waals surface area (Å²) in [5.41, 5.74) is -3.31. The number of thioether (sulfide) groups is 1. The highest BCUT2D eigenvalue weighted by Gasteiger charge is 2.28. The van der Waals surface area contributed by atoms with E-state index >= 15 is 0 Å². The number of nitrogens with one attached hydrogen (secondary N) is 1. The molecule has 1 N–H and O–H groups in total. The lowest BCUT2D eigenvalue weighted by molar-refractivity contribution is -0.0328. The van der Waals surface area contributed by atoms with Crippen LogP contribution in [0.15, 0.2) is 35.2 Å². The van der Waals surface area contributed by atoms with Crippen LogP contribution < -0.4 is 5.32 Å². The molecule has 1 nitrogen and oxygen atoms in total. The van der Waals surface area contributed by atoms with Crippen molar-refractivity contribution in [3.63, 3.8) is 0 Å². The minimum Gasteiger partial charge on any atom is -0.319 e. The average molecular weight is 261 g/mol. The van der Waals surface area contributed by atoms with Gasteiger partial charge in [0, 0.05) is 4.90 Å². The fourth-order valence-corrected chi connectivity index (χ4v) is 1.77. The molecule has 1 aromatic rings. The average Bonchev–Trinajstić information content (AvgIpc) is 2.25. The Balaban J connectivity index is 2.53. The molecule has 0 radical (unpaired) electrons. The van der Waals surface area contributed by atoms with Crippen molar-refractivity contribution in [1.82, 2.24) is 5.32 Å². The lowest BCUT2D eigenvalue weighted by Crippen LogP contribution is -2.05. The first-order valence-corrected chi connectivity index (χ1v) is 6.00. The number of hydrogen-bond donors (Lipinski definition) is 1. The lowest BCUT2D eigenvalue weighted by atomic mass is 10.2. The second-order valence-electron chi connectivity index (χ2n) is 3.41. The number of hydrogen-bond acceptors (Lipinski definition) is 2. The first-order chi connectivity index (χ1) is 8.01. The van der Waals surface area contributed by atoms with E-state index in [9.17, 15) is 13.2 Å². The lowest BCUT2D eigenvalue weighted by Gasteiger charge is -2.05. The van der Waals surface area contributed by atoms with Crippen molar-refractivity contribution >= 4 is 17.8 Å². The zero-order valence-electron chi connectivity index (χ0n) is 9.42. The molecular formula is C12H14F3NS. The summed E-state index contributed by atoms with van der Waals surface area (Å²) in [5, 5.41) is 3.01. The molecule has 0 saturated carbocycles. The Morgan fingerprint density at radius 2 is 1.88 bits per heavy atom. The van der Waals surface area contributed by atoms with Crippen molar-refractivity contribution < 1.29 is 13.2 Å². The van der Waals surface area contributed by atoms with Gasteiger partial charge in [0.25, 0.3) is 0 Å². The highest BCUT2D eigenvalue weighted by atomic mass is 32.2. The Kier molecular flexibility index (Phi) is 5.58. The van der Waals surface area contributed by atoms with Crippen LogP contribution in [-0.4, -0.2) is 19.1 Å². The van der Waals surface area contributed by atoms with E-state index in [1.165, 1.54) is 12.1 Å². The van der Waals surface area contributed by atoms with Gasteiger partial charge in [-0.15, -0.1) is 0 Å². The van der Waals surface area contributed by atoms with Crippen LogP contribution >= 0.6 is 11.8 Å². The van der Waals surface area contributed by atoms with Gasteiger partial charge in [-0.2, -0.15) is 13.2 Å². The van der Waals surface area contributed by atoms with Crippen molar-refractivity contribution in [1.29, 1.82) is 0 Å². The quantitative estimate of drug-likeness (QED) is 0.637. The number of alkyl halides is 3. The first-order valence-electron chi connectivity index (χ1n) is 5.18. The first kappa shape index (κ1) is 14.1. The summed E-state index contributed by atoms with van der Waals surface area (Å²) in [7, 11) is 1.87. The summed E-state index contributed by atoms with van der Waals surface area (Å²) in [6.07, 6.45) is 4.79. The molecule has 0 amide bonds. The molecular weight excluding hydrogens is 247 g/mol. The van der Waals surface area contributed by atoms with Gasteiger partial charge in [0.1, 0.15) is 0 Å². The maximum atomic E-state index is 12.1. The maximum absolute atomic E-state index is 12.1. The largest absolute Gasteiger partial charge is 0.446 e. The van der Waals surface area contributed by atoms with E-state index < -0.39 is 5.51 Å². The van der Waals surface area contributed by atoms with Crippen LogP contribution in [0.5, 0.6) is 0 Å². The van der Waals surface area contributed by atoms with Crippen molar-refractivity contribution in [3.8, 4) is 0 Å². The van der Waals surface area contributed by atoms with E-state index in [4.69, 9.17) is 0 Å². The van der Waals surface area contributed by atoms with Crippen LogP contribution in [0.2, 0.25) is 0 Å². The van der Waals surface area contributed by atoms with E-state index in [0.29, 0.717) is 0 Å². The minimum absolute atomic E-state index is 0.0927. The summed E-state index contributed by atoms with van der Waals surface area (Å²) in [6.45, 7) is 0.887. The van der Waals surface area contributed by atoms with Crippen molar-refractivity contribution in [2.75, 3.05) is 13.6 Å². The monoisotopic (exact) mass is 261 g/mol. The Bertz CT molecular complexity index is 357. The molecule has 94 valence electrons. The van der Waals surface area contributed by atoms with Crippen molar-refractivity contribution in [2.24, 2.45) is 0 Å². The molecule has 0 atom stereocenters. The zero-order valence-corrected chi connectivity index (χ0v) is 10.2. The van der Waals surface area contributed by atoms with Crippen LogP contribution in [0.4, 0.5) is 13.2 Å². The summed E-state index contributed by atoms with van der Waals surface area (Å²) in [5.74, 6) is 0. The molecule has 0 bridgehead atoms. The van der Waals surface area contributed by atoms with Gasteiger partial charge in [-0.3, -0.25) is 0 Å². The molecule has 17 heavy (non-hydrogen) atoms. The Labute approximate surface area is 103 Å². The third-order valence-electron chi connectivity index (χ3n) is 1.98. The second kappa shape index (κ2) is 6.71. The van der Waals surface area contributed by atoms with Gasteiger partial charge in [0.2, 0.25) is 0 Å². The molecule has 0 fully saturated rings. The summed E-state index contributed by atoms with van der Waals surface area (Å²) < 4.78 is 36.2. The summed E-state index contributed by atoms with van der Waals surface area (Å²) in [4.78, 5) is 0.213. The van der Waals surface area contributed by atoms with E-state index in [2.05, 4.69) is 5.32 Å². The molecule has 5 heteroatoms. The van der Waals surface area contributed by atoms with Crippen molar-refractivity contribution in [3.05, 3.63) is 35.9 Å². The van der Waals surface area contributed by atoms with Gasteiger partial charge in [-0.25, -0.2) is 0 Å². The van der Waals surface area contributed by atoms with E-state index in [1.807, 2.05) is 19.2 Å². The molecule has 0 aliphatic carbocycles. The molecule has 0 saturated heterocycles. The minimum atomic E-state index is -4.22. The van der Waals surface area contributed by atoms with Gasteiger partial charge in [-0.05, 0) is 49.5 Å². The topological polar surface area (TPSA) is 12.0 Å². The number of benzene rings is 1. The van der Waals surface area contributed by atoms with Gasteiger partial charge in [0.05, 0.1) is 0 Å². The van der Waals surface area contributed by atoms with Gasteiger partial charge < -0.3 is 5.32 Å². The molecule has 0 aromatic heterocycles. The van der Waals surface area contributed by atoms with E-state index in [1.54, 1.807) is 12.1 Å². The van der Waals surface area contributed by atoms with Crippen LogP contribution in [0.1, 0.15) is 12.0 Å². The van der Waals surface area contributed by atoms with Gasteiger partial charge in [-0.1, -0.05) is 24.3 Å². The second-order valence-corrected chi connectivity index (χ2v) is 4.55. The normalized spacial score (nSPS) is 12.2. The smallest absolute Gasteiger partial charge is 0.319 e. The Morgan fingerprint density at radius 1 is 1.24 bits per heavy atom. The number of rotatable bonds is 5. The fraction of sp³-hybridized carbons (Fsp3) is 0.333. The fourth-order valence-electron chi connectivity index (χ4n) is 1.23.